The van der Waals surface area contributed by atoms with Crippen molar-refractivity contribution in [1.82, 2.24) is 0 Å². The Morgan fingerprint density at radius 2 is 1.59 bits per heavy atom. The number of carbonyl (C=O) groups is 2. The van der Waals surface area contributed by atoms with E-state index >= 15 is 0 Å². The van der Waals surface area contributed by atoms with E-state index in [-0.39, 0.29) is 5.57 Å². The lowest BCUT2D eigenvalue weighted by atomic mass is 9.93. The van der Waals surface area contributed by atoms with Crippen molar-refractivity contribution in [2.45, 2.75) is 47.9 Å². The Bertz CT molecular complexity index is 871. The van der Waals surface area contributed by atoms with Gasteiger partial charge >= 0.3 is 11.9 Å². The SMILES string of the molecule is O=C1OC2(CCCCC2)OC(=O)C1=Cc1ccc(Sc2ccc(Cl)cc2)o1. The molecule has 2 heterocycles. The average molecular weight is 405 g/mol. The molecule has 0 N–H and O–H groups in total. The van der Waals surface area contributed by atoms with Crippen LogP contribution in [0.15, 0.2) is 56.4 Å². The van der Waals surface area contributed by atoms with Crippen LogP contribution in [-0.4, -0.2) is 17.7 Å². The molecule has 4 rings (SSSR count). The van der Waals surface area contributed by atoms with E-state index in [1.54, 1.807) is 24.3 Å². The summed E-state index contributed by atoms with van der Waals surface area (Å²) in [4.78, 5) is 25.7. The van der Waals surface area contributed by atoms with Crippen LogP contribution in [0.5, 0.6) is 0 Å². The molecule has 0 atom stereocenters. The van der Waals surface area contributed by atoms with Gasteiger partial charge in [-0.15, -0.1) is 0 Å². The third kappa shape index (κ3) is 4.06. The summed E-state index contributed by atoms with van der Waals surface area (Å²) in [6.07, 6.45) is 5.29. The number of hydrogen-bond donors (Lipinski definition) is 0. The minimum atomic E-state index is -1.08. The predicted octanol–water partition coefficient (Wildman–Crippen LogP) is 5.23. The first-order valence-electron chi connectivity index (χ1n) is 8.75. The Morgan fingerprint density at radius 3 is 2.26 bits per heavy atom. The quantitative estimate of drug-likeness (QED) is 0.396. The lowest BCUT2D eigenvalue weighted by Crippen LogP contribution is -2.47. The van der Waals surface area contributed by atoms with Crippen molar-refractivity contribution in [1.29, 1.82) is 0 Å². The zero-order chi connectivity index (χ0) is 18.9. The highest BCUT2D eigenvalue weighted by molar-refractivity contribution is 7.99. The summed E-state index contributed by atoms with van der Waals surface area (Å²) in [5.74, 6) is -2.01. The van der Waals surface area contributed by atoms with Crippen molar-refractivity contribution < 1.29 is 23.5 Å². The summed E-state index contributed by atoms with van der Waals surface area (Å²) in [5.41, 5.74) is -0.149. The summed E-state index contributed by atoms with van der Waals surface area (Å²) >= 11 is 7.29. The Labute approximate surface area is 165 Å². The van der Waals surface area contributed by atoms with Crippen LogP contribution in [0.1, 0.15) is 37.9 Å². The molecule has 0 radical (unpaired) electrons. The molecule has 2 fully saturated rings. The highest BCUT2D eigenvalue weighted by Gasteiger charge is 2.46. The van der Waals surface area contributed by atoms with Crippen LogP contribution in [-0.2, 0) is 19.1 Å². The van der Waals surface area contributed by atoms with Crippen LogP contribution in [0, 0.1) is 0 Å². The minimum absolute atomic E-state index is 0.149. The van der Waals surface area contributed by atoms with Crippen molar-refractivity contribution in [2.75, 3.05) is 0 Å². The van der Waals surface area contributed by atoms with Crippen molar-refractivity contribution in [3.63, 3.8) is 0 Å². The van der Waals surface area contributed by atoms with E-state index in [9.17, 15) is 9.59 Å². The lowest BCUT2D eigenvalue weighted by molar-refractivity contribution is -0.244. The minimum Gasteiger partial charge on any atom is -0.450 e. The number of furan rings is 1. The maximum absolute atomic E-state index is 12.4. The van der Waals surface area contributed by atoms with Crippen molar-refractivity contribution >= 4 is 41.4 Å². The number of carbonyl (C=O) groups excluding carboxylic acids is 2. The predicted molar refractivity (Wildman–Crippen MR) is 100 cm³/mol. The molecule has 1 aromatic carbocycles. The maximum atomic E-state index is 12.4. The van der Waals surface area contributed by atoms with E-state index in [4.69, 9.17) is 25.5 Å². The molecule has 1 aliphatic heterocycles. The van der Waals surface area contributed by atoms with Gasteiger partial charge in [0.25, 0.3) is 5.79 Å². The molecular weight excluding hydrogens is 388 g/mol. The van der Waals surface area contributed by atoms with Crippen LogP contribution in [0.25, 0.3) is 6.08 Å². The molecule has 1 aromatic heterocycles. The molecule has 2 aromatic rings. The van der Waals surface area contributed by atoms with Crippen LogP contribution in [0.2, 0.25) is 5.02 Å². The molecule has 27 heavy (non-hydrogen) atoms. The number of benzene rings is 1. The van der Waals surface area contributed by atoms with Gasteiger partial charge in [0.05, 0.1) is 0 Å². The third-order valence-electron chi connectivity index (χ3n) is 4.53. The second-order valence-corrected chi connectivity index (χ2v) is 8.04. The van der Waals surface area contributed by atoms with Gasteiger partial charge in [0.2, 0.25) is 0 Å². The highest BCUT2D eigenvalue weighted by Crippen LogP contribution is 2.37. The standard InChI is InChI=1S/C20H17ClO5S/c21-13-4-7-15(8-5-13)27-17-9-6-14(24-17)12-16-18(22)25-20(26-19(16)23)10-2-1-3-11-20/h4-9,12H,1-3,10-11H2. The highest BCUT2D eigenvalue weighted by atomic mass is 35.5. The second-order valence-electron chi connectivity index (χ2n) is 6.52. The van der Waals surface area contributed by atoms with E-state index in [2.05, 4.69) is 0 Å². The Kier molecular flexibility index (Phi) is 5.02. The van der Waals surface area contributed by atoms with E-state index in [0.29, 0.717) is 28.7 Å². The number of rotatable bonds is 3. The van der Waals surface area contributed by atoms with Crippen molar-refractivity contribution in [2.24, 2.45) is 0 Å². The first-order chi connectivity index (χ1) is 13.0. The zero-order valence-corrected chi connectivity index (χ0v) is 16.0. The lowest BCUT2D eigenvalue weighted by Gasteiger charge is -2.38. The van der Waals surface area contributed by atoms with Gasteiger partial charge in [0.1, 0.15) is 11.3 Å². The van der Waals surface area contributed by atoms with Gasteiger partial charge in [-0.2, -0.15) is 0 Å². The number of ether oxygens (including phenoxy) is 2. The average Bonchev–Trinajstić information content (AvgIpc) is 3.08. The third-order valence-corrected chi connectivity index (χ3v) is 5.71. The molecule has 1 spiro atoms. The number of hydrogen-bond acceptors (Lipinski definition) is 6. The molecule has 1 saturated carbocycles. The topological polar surface area (TPSA) is 65.7 Å². The Morgan fingerprint density at radius 1 is 0.926 bits per heavy atom. The van der Waals surface area contributed by atoms with E-state index < -0.39 is 17.7 Å². The van der Waals surface area contributed by atoms with Gasteiger partial charge in [-0.25, -0.2) is 9.59 Å². The fourth-order valence-corrected chi connectivity index (χ4v) is 4.10. The molecule has 0 unspecified atom stereocenters. The normalized spacial score (nSPS) is 18.9. The molecule has 7 heteroatoms. The summed E-state index contributed by atoms with van der Waals surface area (Å²) in [6, 6.07) is 10.8. The largest absolute Gasteiger partial charge is 0.450 e. The second kappa shape index (κ2) is 7.44. The zero-order valence-electron chi connectivity index (χ0n) is 14.4. The Balaban J connectivity index is 1.48. The van der Waals surface area contributed by atoms with Crippen LogP contribution in [0.4, 0.5) is 0 Å². The first-order valence-corrected chi connectivity index (χ1v) is 9.94. The molecular formula is C20H17ClO5S. The number of halogens is 1. The molecule has 5 nitrogen and oxygen atoms in total. The van der Waals surface area contributed by atoms with Gasteiger partial charge in [-0.05, 0) is 49.2 Å². The van der Waals surface area contributed by atoms with E-state index in [1.165, 1.54) is 17.8 Å². The Hall–Kier alpha value is -2.18. The first kappa shape index (κ1) is 18.2. The molecule has 1 saturated heterocycles. The molecule has 2 aliphatic rings. The maximum Gasteiger partial charge on any atom is 0.349 e. The summed E-state index contributed by atoms with van der Waals surface area (Å²) < 4.78 is 16.6. The smallest absolute Gasteiger partial charge is 0.349 e. The molecule has 140 valence electrons. The summed E-state index contributed by atoms with van der Waals surface area (Å²) in [7, 11) is 0. The van der Waals surface area contributed by atoms with Gasteiger partial charge in [0, 0.05) is 28.8 Å². The molecule has 1 aliphatic carbocycles. The van der Waals surface area contributed by atoms with Crippen LogP contribution in [0.3, 0.4) is 0 Å². The van der Waals surface area contributed by atoms with Crippen LogP contribution < -0.4 is 0 Å². The monoisotopic (exact) mass is 404 g/mol. The van der Waals surface area contributed by atoms with Gasteiger partial charge in [-0.3, -0.25) is 0 Å². The summed E-state index contributed by atoms with van der Waals surface area (Å²) in [5, 5.41) is 1.29. The van der Waals surface area contributed by atoms with Crippen molar-refractivity contribution in [3.8, 4) is 0 Å². The van der Waals surface area contributed by atoms with Gasteiger partial charge in [0.15, 0.2) is 5.09 Å². The van der Waals surface area contributed by atoms with Gasteiger partial charge < -0.3 is 13.9 Å². The van der Waals surface area contributed by atoms with E-state index in [1.807, 2.05) is 12.1 Å². The number of esters is 2. The van der Waals surface area contributed by atoms with E-state index in [0.717, 1.165) is 24.2 Å². The fourth-order valence-electron chi connectivity index (χ4n) is 3.19. The van der Waals surface area contributed by atoms with Crippen molar-refractivity contribution in [3.05, 3.63) is 52.8 Å². The molecule has 0 amide bonds. The molecule has 0 bridgehead atoms. The summed E-state index contributed by atoms with van der Waals surface area (Å²) in [6.45, 7) is 0. The fraction of sp³-hybridized carbons (Fsp3) is 0.300. The van der Waals surface area contributed by atoms with Crippen LogP contribution >= 0.6 is 23.4 Å². The van der Waals surface area contributed by atoms with Gasteiger partial charge in [-0.1, -0.05) is 29.8 Å².